The van der Waals surface area contributed by atoms with Gasteiger partial charge in [0.05, 0.1) is 6.04 Å². The van der Waals surface area contributed by atoms with Gasteiger partial charge in [0.15, 0.2) is 0 Å². The van der Waals surface area contributed by atoms with Crippen molar-refractivity contribution < 1.29 is 4.79 Å². The number of hydrogen-bond acceptors (Lipinski definition) is 2. The molecule has 0 spiro atoms. The quantitative estimate of drug-likeness (QED) is 0.871. The van der Waals surface area contributed by atoms with Crippen molar-refractivity contribution in [2.75, 3.05) is 6.54 Å². The Morgan fingerprint density at radius 2 is 1.86 bits per heavy atom. The van der Waals surface area contributed by atoms with Gasteiger partial charge in [-0.2, -0.15) is 0 Å². The van der Waals surface area contributed by atoms with Gasteiger partial charge in [0.1, 0.15) is 0 Å². The van der Waals surface area contributed by atoms with Crippen LogP contribution in [0.4, 0.5) is 0 Å². The summed E-state index contributed by atoms with van der Waals surface area (Å²) in [7, 11) is 0. The molecule has 0 bridgehead atoms. The Balaban J connectivity index is 2.12. The van der Waals surface area contributed by atoms with Gasteiger partial charge >= 0.3 is 0 Å². The molecule has 21 heavy (non-hydrogen) atoms. The molecule has 0 aromatic heterocycles. The first kappa shape index (κ1) is 15.7. The molecule has 0 radical (unpaired) electrons. The first-order chi connectivity index (χ1) is 10.1. The topological polar surface area (TPSA) is 55.1 Å². The lowest BCUT2D eigenvalue weighted by atomic mass is 10.0. The van der Waals surface area contributed by atoms with Crippen LogP contribution in [-0.4, -0.2) is 12.5 Å². The molecule has 0 unspecified atom stereocenters. The van der Waals surface area contributed by atoms with E-state index in [1.165, 1.54) is 0 Å². The largest absolute Gasteiger partial charge is 0.346 e. The predicted molar refractivity (Wildman–Crippen MR) is 89.2 cm³/mol. The number of nitrogens with two attached hydrogens (primary N) is 1. The van der Waals surface area contributed by atoms with Crippen LogP contribution in [0, 0.1) is 0 Å². The maximum atomic E-state index is 12.4. The fourth-order valence-corrected chi connectivity index (χ4v) is 2.49. The summed E-state index contributed by atoms with van der Waals surface area (Å²) in [6.45, 7) is 2.51. The predicted octanol–water partition coefficient (Wildman–Crippen LogP) is 3.44. The fourth-order valence-electron chi connectivity index (χ4n) is 2.22. The second kappa shape index (κ2) is 7.38. The van der Waals surface area contributed by atoms with Gasteiger partial charge in [0.2, 0.25) is 0 Å². The highest BCUT2D eigenvalue weighted by molar-refractivity contribution is 9.10. The van der Waals surface area contributed by atoms with Crippen LogP contribution in [0.1, 0.15) is 34.5 Å². The highest BCUT2D eigenvalue weighted by Gasteiger charge is 2.14. The molecular formula is C17H19BrN2O. The van der Waals surface area contributed by atoms with Crippen LogP contribution < -0.4 is 11.1 Å². The van der Waals surface area contributed by atoms with Crippen LogP contribution in [0.3, 0.4) is 0 Å². The second-order valence-corrected chi connectivity index (χ2v) is 5.86. The van der Waals surface area contributed by atoms with Crippen LogP contribution in [0.25, 0.3) is 0 Å². The Morgan fingerprint density at radius 1 is 1.19 bits per heavy atom. The van der Waals surface area contributed by atoms with Crippen molar-refractivity contribution in [1.29, 1.82) is 0 Å². The maximum Gasteiger partial charge on any atom is 0.252 e. The molecule has 2 aromatic carbocycles. The number of amides is 1. The van der Waals surface area contributed by atoms with Gasteiger partial charge in [0, 0.05) is 10.0 Å². The third-order valence-electron chi connectivity index (χ3n) is 3.39. The minimum Gasteiger partial charge on any atom is -0.346 e. The zero-order chi connectivity index (χ0) is 15.2. The number of carbonyl (C=O) groups is 1. The van der Waals surface area contributed by atoms with E-state index < -0.39 is 0 Å². The SMILES string of the molecule is C[C@@H](NC(=O)c1ccccc1CCN)c1ccc(Br)cc1. The first-order valence-electron chi connectivity index (χ1n) is 6.96. The summed E-state index contributed by atoms with van der Waals surface area (Å²) >= 11 is 3.41. The molecule has 0 aliphatic carbocycles. The van der Waals surface area contributed by atoms with E-state index in [1.807, 2.05) is 55.5 Å². The molecule has 0 aliphatic rings. The molecule has 0 saturated heterocycles. The Kier molecular flexibility index (Phi) is 5.53. The van der Waals surface area contributed by atoms with E-state index in [0.29, 0.717) is 18.5 Å². The van der Waals surface area contributed by atoms with Crippen molar-refractivity contribution in [1.82, 2.24) is 5.32 Å². The normalized spacial score (nSPS) is 12.0. The summed E-state index contributed by atoms with van der Waals surface area (Å²) in [4.78, 5) is 12.4. The molecule has 0 heterocycles. The van der Waals surface area contributed by atoms with Crippen molar-refractivity contribution in [3.8, 4) is 0 Å². The summed E-state index contributed by atoms with van der Waals surface area (Å²) in [6, 6.07) is 15.5. The summed E-state index contributed by atoms with van der Waals surface area (Å²) in [5, 5.41) is 3.04. The summed E-state index contributed by atoms with van der Waals surface area (Å²) < 4.78 is 1.03. The molecule has 0 fully saturated rings. The lowest BCUT2D eigenvalue weighted by Gasteiger charge is -2.16. The van der Waals surface area contributed by atoms with Gasteiger partial charge in [-0.1, -0.05) is 46.3 Å². The second-order valence-electron chi connectivity index (χ2n) is 4.94. The number of benzene rings is 2. The van der Waals surface area contributed by atoms with Gasteiger partial charge < -0.3 is 11.1 Å². The maximum absolute atomic E-state index is 12.4. The molecule has 1 atom stereocenters. The smallest absolute Gasteiger partial charge is 0.252 e. The molecule has 3 N–H and O–H groups in total. The van der Waals surface area contributed by atoms with Crippen molar-refractivity contribution in [2.45, 2.75) is 19.4 Å². The van der Waals surface area contributed by atoms with Gasteiger partial charge in [-0.15, -0.1) is 0 Å². The minimum absolute atomic E-state index is 0.0449. The third kappa shape index (κ3) is 4.16. The molecule has 4 heteroatoms. The fraction of sp³-hybridized carbons (Fsp3) is 0.235. The molecule has 110 valence electrons. The zero-order valence-electron chi connectivity index (χ0n) is 12.0. The van der Waals surface area contributed by atoms with Crippen LogP contribution in [0.15, 0.2) is 53.0 Å². The van der Waals surface area contributed by atoms with E-state index in [4.69, 9.17) is 5.73 Å². The van der Waals surface area contributed by atoms with Gasteiger partial charge in [-0.05, 0) is 49.2 Å². The third-order valence-corrected chi connectivity index (χ3v) is 3.92. The van der Waals surface area contributed by atoms with E-state index in [0.717, 1.165) is 15.6 Å². The summed E-state index contributed by atoms with van der Waals surface area (Å²) in [5.74, 6) is -0.0607. The number of nitrogens with one attached hydrogen (secondary N) is 1. The summed E-state index contributed by atoms with van der Waals surface area (Å²) in [6.07, 6.45) is 0.705. The Morgan fingerprint density at radius 3 is 2.52 bits per heavy atom. The average Bonchev–Trinajstić information content (AvgIpc) is 2.48. The summed E-state index contributed by atoms with van der Waals surface area (Å²) in [5.41, 5.74) is 8.36. The van der Waals surface area contributed by atoms with Crippen LogP contribution in [-0.2, 0) is 6.42 Å². The Labute approximate surface area is 133 Å². The number of carbonyl (C=O) groups excluding carboxylic acids is 1. The Bertz CT molecular complexity index is 610. The highest BCUT2D eigenvalue weighted by atomic mass is 79.9. The van der Waals surface area contributed by atoms with Crippen LogP contribution in [0.2, 0.25) is 0 Å². The van der Waals surface area contributed by atoms with Crippen molar-refractivity contribution in [2.24, 2.45) is 5.73 Å². The molecule has 0 aliphatic heterocycles. The highest BCUT2D eigenvalue weighted by Crippen LogP contribution is 2.18. The van der Waals surface area contributed by atoms with Gasteiger partial charge in [-0.25, -0.2) is 0 Å². The molecular weight excluding hydrogens is 328 g/mol. The number of halogens is 1. The van der Waals surface area contributed by atoms with Crippen molar-refractivity contribution in [3.63, 3.8) is 0 Å². The lowest BCUT2D eigenvalue weighted by molar-refractivity contribution is 0.0939. The van der Waals surface area contributed by atoms with E-state index in [2.05, 4.69) is 21.2 Å². The molecule has 2 aromatic rings. The monoisotopic (exact) mass is 346 g/mol. The molecule has 2 rings (SSSR count). The van der Waals surface area contributed by atoms with E-state index in [-0.39, 0.29) is 11.9 Å². The van der Waals surface area contributed by atoms with E-state index >= 15 is 0 Å². The van der Waals surface area contributed by atoms with E-state index in [1.54, 1.807) is 0 Å². The standard InChI is InChI=1S/C17H19BrN2O/c1-12(13-6-8-15(18)9-7-13)20-17(21)16-5-3-2-4-14(16)10-11-19/h2-9,12H,10-11,19H2,1H3,(H,20,21)/t12-/m1/s1. The number of hydrogen-bond donors (Lipinski definition) is 2. The average molecular weight is 347 g/mol. The van der Waals surface area contributed by atoms with Crippen molar-refractivity contribution >= 4 is 21.8 Å². The van der Waals surface area contributed by atoms with Crippen LogP contribution >= 0.6 is 15.9 Å². The minimum atomic E-state index is -0.0607. The van der Waals surface area contributed by atoms with E-state index in [9.17, 15) is 4.79 Å². The van der Waals surface area contributed by atoms with Gasteiger partial charge in [-0.3, -0.25) is 4.79 Å². The Hall–Kier alpha value is -1.65. The van der Waals surface area contributed by atoms with Gasteiger partial charge in [0.25, 0.3) is 5.91 Å². The van der Waals surface area contributed by atoms with Crippen molar-refractivity contribution in [3.05, 3.63) is 69.7 Å². The molecule has 3 nitrogen and oxygen atoms in total. The number of rotatable bonds is 5. The molecule has 0 saturated carbocycles. The lowest BCUT2D eigenvalue weighted by Crippen LogP contribution is -2.27. The zero-order valence-corrected chi connectivity index (χ0v) is 13.6. The first-order valence-corrected chi connectivity index (χ1v) is 7.75. The van der Waals surface area contributed by atoms with Crippen LogP contribution in [0.5, 0.6) is 0 Å². The molecule has 1 amide bonds.